The van der Waals surface area contributed by atoms with Gasteiger partial charge >= 0.3 is 0 Å². The fraction of sp³-hybridized carbons (Fsp3) is 0.333. The van der Waals surface area contributed by atoms with Gasteiger partial charge in [0.1, 0.15) is 11.5 Å². The number of rotatable bonds is 5. The Morgan fingerprint density at radius 3 is 2.81 bits per heavy atom. The maximum Gasteiger partial charge on any atom is 0.123 e. The Morgan fingerprint density at radius 1 is 1.19 bits per heavy atom. The van der Waals surface area contributed by atoms with Crippen molar-refractivity contribution in [2.24, 2.45) is 0 Å². The third kappa shape index (κ3) is 2.88. The van der Waals surface area contributed by atoms with Gasteiger partial charge in [0.25, 0.3) is 0 Å². The van der Waals surface area contributed by atoms with Crippen molar-refractivity contribution in [3.05, 3.63) is 59.7 Å². The van der Waals surface area contributed by atoms with E-state index in [-0.39, 0.29) is 6.04 Å². The monoisotopic (exact) mass is 283 g/mol. The molecule has 1 unspecified atom stereocenters. The molecule has 3 nitrogen and oxygen atoms in total. The zero-order valence-corrected chi connectivity index (χ0v) is 12.5. The molecule has 1 aliphatic heterocycles. The van der Waals surface area contributed by atoms with Crippen molar-refractivity contribution in [3.63, 3.8) is 0 Å². The highest BCUT2D eigenvalue weighted by Crippen LogP contribution is 2.33. The Hall–Kier alpha value is -2.00. The van der Waals surface area contributed by atoms with Crippen molar-refractivity contribution >= 4 is 0 Å². The summed E-state index contributed by atoms with van der Waals surface area (Å²) in [5.41, 5.74) is 2.49. The number of nitrogens with one attached hydrogen (secondary N) is 1. The topological polar surface area (TPSA) is 30.5 Å². The minimum Gasteiger partial charge on any atom is -0.496 e. The number of hydrogen-bond acceptors (Lipinski definition) is 3. The largest absolute Gasteiger partial charge is 0.496 e. The van der Waals surface area contributed by atoms with Gasteiger partial charge in [-0.15, -0.1) is 0 Å². The van der Waals surface area contributed by atoms with Crippen molar-refractivity contribution in [2.45, 2.75) is 18.9 Å². The first-order valence-electron chi connectivity index (χ1n) is 7.37. The van der Waals surface area contributed by atoms with Crippen LogP contribution in [-0.4, -0.2) is 20.3 Å². The lowest BCUT2D eigenvalue weighted by molar-refractivity contribution is 0.322. The first-order valence-corrected chi connectivity index (χ1v) is 7.37. The van der Waals surface area contributed by atoms with Crippen molar-refractivity contribution in [2.75, 3.05) is 20.3 Å². The Balaban J connectivity index is 1.66. The van der Waals surface area contributed by atoms with E-state index >= 15 is 0 Å². The van der Waals surface area contributed by atoms with Gasteiger partial charge < -0.3 is 14.8 Å². The predicted molar refractivity (Wildman–Crippen MR) is 84.1 cm³/mol. The molecular formula is C18H21NO2. The lowest BCUT2D eigenvalue weighted by atomic mass is 10.00. The first kappa shape index (κ1) is 14.0. The van der Waals surface area contributed by atoms with Crippen LogP contribution in [0.15, 0.2) is 48.5 Å². The summed E-state index contributed by atoms with van der Waals surface area (Å²) in [5, 5.41) is 3.60. The fourth-order valence-electron chi connectivity index (χ4n) is 2.85. The standard InChI is InChI=1S/C18H21NO2/c1-13(15-7-3-5-9-17(15)20-2)19-11-14-12-21-18-10-6-4-8-16(14)18/h3-10,13-14,19H,11-12H2,1-2H3/t13-,14?/m0/s1. The van der Waals surface area contributed by atoms with Gasteiger partial charge in [-0.2, -0.15) is 0 Å². The second kappa shape index (κ2) is 6.19. The van der Waals surface area contributed by atoms with E-state index < -0.39 is 0 Å². The summed E-state index contributed by atoms with van der Waals surface area (Å²) in [6, 6.07) is 16.7. The first-order chi connectivity index (χ1) is 10.3. The highest BCUT2D eigenvalue weighted by molar-refractivity contribution is 5.40. The zero-order valence-electron chi connectivity index (χ0n) is 12.5. The van der Waals surface area contributed by atoms with Crippen LogP contribution in [0.3, 0.4) is 0 Å². The van der Waals surface area contributed by atoms with E-state index in [0.29, 0.717) is 5.92 Å². The van der Waals surface area contributed by atoms with Crippen LogP contribution in [0.25, 0.3) is 0 Å². The van der Waals surface area contributed by atoms with Gasteiger partial charge in [0.15, 0.2) is 0 Å². The van der Waals surface area contributed by atoms with Crippen molar-refractivity contribution in [3.8, 4) is 11.5 Å². The van der Waals surface area contributed by atoms with Crippen LogP contribution in [0.1, 0.15) is 30.0 Å². The van der Waals surface area contributed by atoms with E-state index in [4.69, 9.17) is 9.47 Å². The molecule has 2 aromatic carbocycles. The molecule has 0 saturated carbocycles. The quantitative estimate of drug-likeness (QED) is 0.910. The number of para-hydroxylation sites is 2. The summed E-state index contributed by atoms with van der Waals surface area (Å²) >= 11 is 0. The summed E-state index contributed by atoms with van der Waals surface area (Å²) in [6.07, 6.45) is 0. The smallest absolute Gasteiger partial charge is 0.123 e. The predicted octanol–water partition coefficient (Wildman–Crippen LogP) is 3.52. The molecule has 1 heterocycles. The van der Waals surface area contributed by atoms with E-state index in [1.165, 1.54) is 11.1 Å². The van der Waals surface area contributed by atoms with E-state index in [2.05, 4.69) is 30.4 Å². The molecule has 0 bridgehead atoms. The third-order valence-corrected chi connectivity index (χ3v) is 4.07. The highest BCUT2D eigenvalue weighted by Gasteiger charge is 2.24. The lowest BCUT2D eigenvalue weighted by Gasteiger charge is -2.19. The Bertz CT molecular complexity index is 612. The van der Waals surface area contributed by atoms with Gasteiger partial charge in [-0.1, -0.05) is 36.4 Å². The van der Waals surface area contributed by atoms with E-state index in [1.807, 2.05) is 30.3 Å². The minimum atomic E-state index is 0.244. The van der Waals surface area contributed by atoms with Crippen molar-refractivity contribution in [1.29, 1.82) is 0 Å². The molecule has 3 heteroatoms. The number of hydrogen-bond donors (Lipinski definition) is 1. The van der Waals surface area contributed by atoms with E-state index in [1.54, 1.807) is 7.11 Å². The summed E-state index contributed by atoms with van der Waals surface area (Å²) in [7, 11) is 1.71. The molecule has 2 atom stereocenters. The molecule has 21 heavy (non-hydrogen) atoms. The van der Waals surface area contributed by atoms with Gasteiger partial charge in [0, 0.05) is 29.6 Å². The maximum absolute atomic E-state index is 5.73. The van der Waals surface area contributed by atoms with E-state index in [0.717, 1.165) is 24.7 Å². The maximum atomic E-state index is 5.73. The summed E-state index contributed by atoms with van der Waals surface area (Å²) < 4.78 is 11.2. The molecule has 0 spiro atoms. The van der Waals surface area contributed by atoms with Crippen molar-refractivity contribution < 1.29 is 9.47 Å². The van der Waals surface area contributed by atoms with Gasteiger partial charge in [0.2, 0.25) is 0 Å². The molecular weight excluding hydrogens is 262 g/mol. The normalized spacial score (nSPS) is 17.9. The van der Waals surface area contributed by atoms with Crippen LogP contribution in [0.5, 0.6) is 11.5 Å². The van der Waals surface area contributed by atoms with Crippen LogP contribution >= 0.6 is 0 Å². The number of benzene rings is 2. The molecule has 3 rings (SSSR count). The molecule has 0 fully saturated rings. The molecule has 110 valence electrons. The van der Waals surface area contributed by atoms with Crippen LogP contribution < -0.4 is 14.8 Å². The second-order valence-electron chi connectivity index (χ2n) is 5.42. The molecule has 2 aromatic rings. The zero-order chi connectivity index (χ0) is 14.7. The Labute approximate surface area is 125 Å². The fourth-order valence-corrected chi connectivity index (χ4v) is 2.85. The van der Waals surface area contributed by atoms with Gasteiger partial charge in [-0.05, 0) is 19.1 Å². The van der Waals surface area contributed by atoms with Crippen LogP contribution in [0.4, 0.5) is 0 Å². The summed E-state index contributed by atoms with van der Waals surface area (Å²) in [4.78, 5) is 0. The highest BCUT2D eigenvalue weighted by atomic mass is 16.5. The molecule has 0 aliphatic carbocycles. The minimum absolute atomic E-state index is 0.244. The Morgan fingerprint density at radius 2 is 1.95 bits per heavy atom. The number of fused-ring (bicyclic) bond motifs is 1. The second-order valence-corrected chi connectivity index (χ2v) is 5.42. The molecule has 0 saturated heterocycles. The average Bonchev–Trinajstić information content (AvgIpc) is 2.96. The van der Waals surface area contributed by atoms with Gasteiger partial charge in [-0.3, -0.25) is 0 Å². The number of ether oxygens (including phenoxy) is 2. The van der Waals surface area contributed by atoms with Crippen molar-refractivity contribution in [1.82, 2.24) is 5.32 Å². The molecule has 0 radical (unpaired) electrons. The van der Waals surface area contributed by atoms with E-state index in [9.17, 15) is 0 Å². The van der Waals surface area contributed by atoms with Crippen LogP contribution in [0.2, 0.25) is 0 Å². The SMILES string of the molecule is COc1ccccc1[C@H](C)NCC1COc2ccccc21. The summed E-state index contributed by atoms with van der Waals surface area (Å²) in [5.74, 6) is 2.37. The van der Waals surface area contributed by atoms with Gasteiger partial charge in [0.05, 0.1) is 13.7 Å². The molecule has 1 aliphatic rings. The third-order valence-electron chi connectivity index (χ3n) is 4.07. The lowest BCUT2D eigenvalue weighted by Crippen LogP contribution is -2.25. The van der Waals surface area contributed by atoms with Gasteiger partial charge in [-0.25, -0.2) is 0 Å². The average molecular weight is 283 g/mol. The Kier molecular flexibility index (Phi) is 4.11. The molecule has 0 aromatic heterocycles. The number of methoxy groups -OCH3 is 1. The summed E-state index contributed by atoms with van der Waals surface area (Å²) in [6.45, 7) is 3.82. The van der Waals surface area contributed by atoms with Crippen LogP contribution in [0, 0.1) is 0 Å². The molecule has 1 N–H and O–H groups in total. The van der Waals surface area contributed by atoms with Crippen LogP contribution in [-0.2, 0) is 0 Å². The molecule has 0 amide bonds.